The SMILES string of the molecule is O=C(CC(CN1CCCC(c2cccc(C(F)(F)F)c2)C1)C(F)(F)F)N/C(=N\O)c1ccc(Cl)cc1. The van der Waals surface area contributed by atoms with Gasteiger partial charge in [-0.15, -0.1) is 0 Å². The maximum absolute atomic E-state index is 13.8. The van der Waals surface area contributed by atoms with Gasteiger partial charge in [0.25, 0.3) is 0 Å². The molecule has 1 saturated heterocycles. The molecule has 2 atom stereocenters. The monoisotopic (exact) mass is 535 g/mol. The Morgan fingerprint density at radius 1 is 1.14 bits per heavy atom. The lowest BCUT2D eigenvalue weighted by Gasteiger charge is -2.35. The Hall–Kier alpha value is -2.79. The molecular formula is C24H24ClF6N3O2. The van der Waals surface area contributed by atoms with Gasteiger partial charge in [-0.3, -0.25) is 4.79 Å². The molecular weight excluding hydrogens is 512 g/mol. The maximum Gasteiger partial charge on any atom is 0.416 e. The van der Waals surface area contributed by atoms with Crippen molar-refractivity contribution in [1.29, 1.82) is 0 Å². The second-order valence-corrected chi connectivity index (χ2v) is 9.10. The highest BCUT2D eigenvalue weighted by molar-refractivity contribution is 6.30. The summed E-state index contributed by atoms with van der Waals surface area (Å²) in [6.45, 7) is -0.0135. The number of benzene rings is 2. The molecule has 1 aliphatic rings. The summed E-state index contributed by atoms with van der Waals surface area (Å²) in [5, 5.41) is 14.7. The average Bonchev–Trinajstić information content (AvgIpc) is 2.82. The second kappa shape index (κ2) is 11.5. The zero-order valence-electron chi connectivity index (χ0n) is 18.9. The molecule has 2 aromatic carbocycles. The number of rotatable bonds is 6. The molecule has 5 nitrogen and oxygen atoms in total. The lowest BCUT2D eigenvalue weighted by molar-refractivity contribution is -0.183. The van der Waals surface area contributed by atoms with Gasteiger partial charge < -0.3 is 15.4 Å². The van der Waals surface area contributed by atoms with Gasteiger partial charge in [-0.2, -0.15) is 26.3 Å². The van der Waals surface area contributed by atoms with Crippen LogP contribution in [0.5, 0.6) is 0 Å². The van der Waals surface area contributed by atoms with Crippen molar-refractivity contribution in [3.05, 3.63) is 70.2 Å². The zero-order valence-corrected chi connectivity index (χ0v) is 19.7. The van der Waals surface area contributed by atoms with Gasteiger partial charge in [-0.05, 0) is 61.2 Å². The Labute approximate surface area is 208 Å². The molecule has 0 bridgehead atoms. The fourth-order valence-electron chi connectivity index (χ4n) is 4.23. The van der Waals surface area contributed by atoms with Gasteiger partial charge in [0.05, 0.1) is 11.5 Å². The van der Waals surface area contributed by atoms with E-state index in [1.807, 2.05) is 0 Å². The molecule has 1 aliphatic heterocycles. The molecule has 0 saturated carbocycles. The summed E-state index contributed by atoms with van der Waals surface area (Å²) in [5.41, 5.74) is -0.134. The molecule has 0 spiro atoms. The highest BCUT2D eigenvalue weighted by Crippen LogP contribution is 2.35. The second-order valence-electron chi connectivity index (χ2n) is 8.67. The first-order chi connectivity index (χ1) is 16.9. The largest absolute Gasteiger partial charge is 0.416 e. The number of amidine groups is 1. The molecule has 2 aromatic rings. The van der Waals surface area contributed by atoms with Crippen LogP contribution in [0.15, 0.2) is 53.7 Å². The molecule has 0 aliphatic carbocycles. The summed E-state index contributed by atoms with van der Waals surface area (Å²) in [4.78, 5) is 13.9. The molecule has 1 heterocycles. The van der Waals surface area contributed by atoms with Crippen molar-refractivity contribution in [1.82, 2.24) is 10.2 Å². The number of alkyl halides is 6. The van der Waals surface area contributed by atoms with Gasteiger partial charge in [0.15, 0.2) is 5.84 Å². The minimum atomic E-state index is -4.70. The summed E-state index contributed by atoms with van der Waals surface area (Å²) < 4.78 is 80.6. The van der Waals surface area contributed by atoms with Gasteiger partial charge in [0, 0.05) is 30.1 Å². The van der Waals surface area contributed by atoms with Crippen LogP contribution in [-0.2, 0) is 11.0 Å². The Morgan fingerprint density at radius 3 is 2.44 bits per heavy atom. The third-order valence-corrected chi connectivity index (χ3v) is 6.29. The number of carbonyl (C=O) groups excluding carboxylic acids is 1. The van der Waals surface area contributed by atoms with E-state index in [0.717, 1.165) is 12.1 Å². The van der Waals surface area contributed by atoms with Gasteiger partial charge in [-0.1, -0.05) is 35.0 Å². The van der Waals surface area contributed by atoms with E-state index in [0.29, 0.717) is 30.0 Å². The van der Waals surface area contributed by atoms with E-state index in [4.69, 9.17) is 11.6 Å². The Morgan fingerprint density at radius 2 is 1.83 bits per heavy atom. The highest BCUT2D eigenvalue weighted by Gasteiger charge is 2.42. The van der Waals surface area contributed by atoms with E-state index in [-0.39, 0.29) is 23.9 Å². The van der Waals surface area contributed by atoms with Crippen molar-refractivity contribution in [3.63, 3.8) is 0 Å². The minimum Gasteiger partial charge on any atom is -0.409 e. The normalized spacial score (nSPS) is 18.6. The molecule has 3 rings (SSSR count). The number of piperidine rings is 1. The average molecular weight is 536 g/mol. The minimum absolute atomic E-state index is 0.142. The van der Waals surface area contributed by atoms with Crippen LogP contribution < -0.4 is 5.32 Å². The maximum atomic E-state index is 13.8. The van der Waals surface area contributed by atoms with Crippen molar-refractivity contribution < 1.29 is 36.3 Å². The number of amides is 1. The van der Waals surface area contributed by atoms with Gasteiger partial charge in [-0.25, -0.2) is 0 Å². The van der Waals surface area contributed by atoms with E-state index >= 15 is 0 Å². The molecule has 36 heavy (non-hydrogen) atoms. The molecule has 196 valence electrons. The Kier molecular flexibility index (Phi) is 8.89. The molecule has 2 N–H and O–H groups in total. The number of likely N-dealkylation sites (tertiary alicyclic amines) is 1. The first-order valence-corrected chi connectivity index (χ1v) is 11.5. The summed E-state index contributed by atoms with van der Waals surface area (Å²) in [6.07, 6.45) is -9.07. The molecule has 1 amide bonds. The summed E-state index contributed by atoms with van der Waals surface area (Å²) >= 11 is 5.78. The number of carbonyl (C=O) groups is 1. The van der Waals surface area contributed by atoms with Crippen LogP contribution in [0.2, 0.25) is 5.02 Å². The van der Waals surface area contributed by atoms with Crippen molar-refractivity contribution >= 4 is 23.3 Å². The predicted octanol–water partition coefficient (Wildman–Crippen LogP) is 6.06. The van der Waals surface area contributed by atoms with Crippen LogP contribution in [0.25, 0.3) is 0 Å². The lowest BCUT2D eigenvalue weighted by Crippen LogP contribution is -2.44. The number of oxime groups is 1. The van der Waals surface area contributed by atoms with Crippen molar-refractivity contribution in [2.45, 2.75) is 37.5 Å². The first kappa shape index (κ1) is 27.8. The molecule has 2 unspecified atom stereocenters. The molecule has 1 fully saturated rings. The Bertz CT molecular complexity index is 1070. The zero-order chi connectivity index (χ0) is 26.5. The van der Waals surface area contributed by atoms with E-state index < -0.39 is 42.7 Å². The number of hydrogen-bond donors (Lipinski definition) is 2. The van der Waals surface area contributed by atoms with Crippen LogP contribution in [0.4, 0.5) is 26.3 Å². The number of nitrogens with zero attached hydrogens (tertiary/aromatic N) is 2. The molecule has 0 radical (unpaired) electrons. The molecule has 0 aromatic heterocycles. The standard InChI is InChI=1S/C24H24ClF6N3O2/c25-20-8-6-15(7-9-20)22(33-36)32-21(35)12-19(24(29,30)31)14-34-10-2-4-17(13-34)16-3-1-5-18(11-16)23(26,27)28/h1,3,5-9,11,17,19,36H,2,4,10,12-14H2,(H,32,33,35). The van der Waals surface area contributed by atoms with E-state index in [1.165, 1.54) is 35.2 Å². The van der Waals surface area contributed by atoms with Gasteiger partial charge in [0.2, 0.25) is 5.91 Å². The van der Waals surface area contributed by atoms with Crippen LogP contribution in [0.3, 0.4) is 0 Å². The highest BCUT2D eigenvalue weighted by atomic mass is 35.5. The lowest BCUT2D eigenvalue weighted by atomic mass is 9.89. The summed E-state index contributed by atoms with van der Waals surface area (Å²) in [7, 11) is 0. The smallest absolute Gasteiger partial charge is 0.409 e. The van der Waals surface area contributed by atoms with E-state index in [9.17, 15) is 36.3 Å². The van der Waals surface area contributed by atoms with Crippen LogP contribution in [-0.4, -0.2) is 47.7 Å². The van der Waals surface area contributed by atoms with Crippen molar-refractivity contribution in [2.24, 2.45) is 11.1 Å². The third-order valence-electron chi connectivity index (χ3n) is 6.04. The Balaban J connectivity index is 1.67. The number of halogens is 7. The number of nitrogens with one attached hydrogen (secondary N) is 1. The fourth-order valence-corrected chi connectivity index (χ4v) is 4.35. The van der Waals surface area contributed by atoms with Crippen LogP contribution in [0.1, 0.15) is 41.9 Å². The quantitative estimate of drug-likeness (QED) is 0.155. The summed E-state index contributed by atoms with van der Waals surface area (Å²) in [6, 6.07) is 10.6. The van der Waals surface area contributed by atoms with E-state index in [2.05, 4.69) is 10.5 Å². The third kappa shape index (κ3) is 7.60. The van der Waals surface area contributed by atoms with Crippen LogP contribution >= 0.6 is 11.6 Å². The predicted molar refractivity (Wildman–Crippen MR) is 122 cm³/mol. The first-order valence-electron chi connectivity index (χ1n) is 11.1. The molecule has 12 heteroatoms. The summed E-state index contributed by atoms with van der Waals surface area (Å²) in [5.74, 6) is -3.70. The van der Waals surface area contributed by atoms with Gasteiger partial charge >= 0.3 is 12.4 Å². The van der Waals surface area contributed by atoms with E-state index in [1.54, 1.807) is 6.07 Å². The van der Waals surface area contributed by atoms with Crippen molar-refractivity contribution in [3.8, 4) is 0 Å². The number of hydrogen-bond acceptors (Lipinski definition) is 4. The van der Waals surface area contributed by atoms with Crippen molar-refractivity contribution in [2.75, 3.05) is 19.6 Å². The topological polar surface area (TPSA) is 64.9 Å². The van der Waals surface area contributed by atoms with Crippen LogP contribution in [0, 0.1) is 5.92 Å². The fraction of sp³-hybridized carbons (Fsp3) is 0.417. The van der Waals surface area contributed by atoms with Gasteiger partial charge in [0.1, 0.15) is 0 Å².